The number of nitrogen functional groups attached to an aromatic ring is 1. The zero-order chi connectivity index (χ0) is 14.1. The van der Waals surface area contributed by atoms with Crippen LogP contribution in [0.1, 0.15) is 11.7 Å². The second-order valence-corrected chi connectivity index (χ2v) is 3.61. The van der Waals surface area contributed by atoms with Crippen LogP contribution in [0.3, 0.4) is 0 Å². The first-order chi connectivity index (χ1) is 8.11. The average Bonchev–Trinajstić information content (AvgIpc) is 2.19. The lowest BCUT2D eigenvalue weighted by Gasteiger charge is -2.15. The molecule has 0 radical (unpaired) electrons. The molecule has 0 bridgehead atoms. The van der Waals surface area contributed by atoms with E-state index < -0.39 is 34.8 Å². The number of anilines is 1. The molecule has 1 unspecified atom stereocenters. The van der Waals surface area contributed by atoms with Crippen molar-refractivity contribution >= 4 is 23.3 Å². The monoisotopic (exact) mass is 285 g/mol. The van der Waals surface area contributed by atoms with Gasteiger partial charge in [-0.1, -0.05) is 11.6 Å². The fourth-order valence-electron chi connectivity index (χ4n) is 1.16. The number of aliphatic hydroxyl groups excluding tert-OH is 1. The van der Waals surface area contributed by atoms with Crippen molar-refractivity contribution in [2.45, 2.75) is 12.5 Å². The molecule has 0 aliphatic rings. The molecule has 18 heavy (non-hydrogen) atoms. The van der Waals surface area contributed by atoms with Gasteiger partial charge in [0.2, 0.25) is 0 Å². The van der Waals surface area contributed by atoms with E-state index in [0.29, 0.717) is 6.07 Å². The summed E-state index contributed by atoms with van der Waals surface area (Å²) in [4.78, 5) is 10.5. The van der Waals surface area contributed by atoms with E-state index in [9.17, 15) is 23.1 Å². The molecule has 1 aromatic rings. The summed E-state index contributed by atoms with van der Waals surface area (Å²) >= 11 is 5.46. The van der Waals surface area contributed by atoms with Crippen molar-refractivity contribution in [2.24, 2.45) is 0 Å². The van der Waals surface area contributed by atoms with Crippen molar-refractivity contribution in [3.05, 3.63) is 22.7 Å². The zero-order valence-electron chi connectivity index (χ0n) is 8.53. The number of carbonyl (C=O) groups is 1. The van der Waals surface area contributed by atoms with Crippen LogP contribution in [0.5, 0.6) is 5.75 Å². The molecule has 100 valence electrons. The second kappa shape index (κ2) is 4.91. The number of aliphatic carboxylic acids is 1. The Morgan fingerprint density at radius 2 is 2.00 bits per heavy atom. The van der Waals surface area contributed by atoms with E-state index in [2.05, 4.69) is 4.74 Å². The fourth-order valence-corrected chi connectivity index (χ4v) is 1.37. The summed E-state index contributed by atoms with van der Waals surface area (Å²) in [6, 6.07) is 1.49. The van der Waals surface area contributed by atoms with Crippen LogP contribution in [-0.2, 0) is 4.79 Å². The fraction of sp³-hybridized carbons (Fsp3) is 0.222. The first-order valence-corrected chi connectivity index (χ1v) is 4.75. The predicted molar refractivity (Wildman–Crippen MR) is 55.1 cm³/mol. The Morgan fingerprint density at radius 3 is 2.44 bits per heavy atom. The molecule has 9 heteroatoms. The van der Waals surface area contributed by atoms with E-state index in [1.165, 1.54) is 0 Å². The molecule has 0 spiro atoms. The first kappa shape index (κ1) is 14.4. The van der Waals surface area contributed by atoms with Crippen LogP contribution < -0.4 is 10.5 Å². The number of alkyl halides is 3. The molecule has 0 aliphatic heterocycles. The number of benzene rings is 1. The van der Waals surface area contributed by atoms with E-state index >= 15 is 0 Å². The van der Waals surface area contributed by atoms with Gasteiger partial charge in [0.05, 0.1) is 5.02 Å². The van der Waals surface area contributed by atoms with Crippen LogP contribution in [0.4, 0.5) is 18.9 Å². The van der Waals surface area contributed by atoms with Gasteiger partial charge in [-0.05, 0) is 12.1 Å². The summed E-state index contributed by atoms with van der Waals surface area (Å²) < 4.78 is 39.6. The Kier molecular flexibility index (Phi) is 3.92. The maximum atomic E-state index is 12.0. The predicted octanol–water partition coefficient (Wildman–Crippen LogP) is 1.94. The van der Waals surface area contributed by atoms with E-state index in [1.807, 2.05) is 0 Å². The Balaban J connectivity index is 3.22. The number of rotatable bonds is 3. The smallest absolute Gasteiger partial charge is 0.479 e. The molecule has 1 aromatic carbocycles. The van der Waals surface area contributed by atoms with Gasteiger partial charge in [-0.15, -0.1) is 13.2 Å². The maximum Gasteiger partial charge on any atom is 0.573 e. The Bertz CT molecular complexity index is 478. The van der Waals surface area contributed by atoms with Gasteiger partial charge >= 0.3 is 12.3 Å². The molecular weight excluding hydrogens is 279 g/mol. The summed E-state index contributed by atoms with van der Waals surface area (Å²) in [7, 11) is 0. The minimum absolute atomic E-state index is 0.260. The number of hydrogen-bond acceptors (Lipinski definition) is 4. The lowest BCUT2D eigenvalue weighted by molar-refractivity contribution is -0.274. The molecule has 0 amide bonds. The van der Waals surface area contributed by atoms with Gasteiger partial charge in [-0.25, -0.2) is 4.79 Å². The van der Waals surface area contributed by atoms with Crippen LogP contribution in [-0.4, -0.2) is 22.5 Å². The Labute approximate surface area is 104 Å². The van der Waals surface area contributed by atoms with Crippen LogP contribution in [0.2, 0.25) is 5.02 Å². The van der Waals surface area contributed by atoms with Gasteiger partial charge in [0, 0.05) is 11.3 Å². The number of carboxylic acids is 1. The van der Waals surface area contributed by atoms with Gasteiger partial charge in [0.15, 0.2) is 6.10 Å². The highest BCUT2D eigenvalue weighted by atomic mass is 35.5. The average molecular weight is 286 g/mol. The van der Waals surface area contributed by atoms with Crippen molar-refractivity contribution in [3.8, 4) is 5.75 Å². The van der Waals surface area contributed by atoms with Crippen LogP contribution >= 0.6 is 11.6 Å². The van der Waals surface area contributed by atoms with Crippen LogP contribution in [0.15, 0.2) is 12.1 Å². The second-order valence-electron chi connectivity index (χ2n) is 3.20. The van der Waals surface area contributed by atoms with E-state index in [1.54, 1.807) is 0 Å². The molecule has 0 heterocycles. The molecule has 5 nitrogen and oxygen atoms in total. The minimum Gasteiger partial charge on any atom is -0.479 e. The summed E-state index contributed by atoms with van der Waals surface area (Å²) in [6.45, 7) is 0. The third-order valence-electron chi connectivity index (χ3n) is 1.89. The van der Waals surface area contributed by atoms with Crippen molar-refractivity contribution < 1.29 is 32.9 Å². The molecule has 0 saturated carbocycles. The highest BCUT2D eigenvalue weighted by Gasteiger charge is 2.33. The third-order valence-corrected chi connectivity index (χ3v) is 2.19. The third kappa shape index (κ3) is 3.41. The summed E-state index contributed by atoms with van der Waals surface area (Å²) in [5.74, 6) is -2.50. The lowest BCUT2D eigenvalue weighted by atomic mass is 10.1. The van der Waals surface area contributed by atoms with Crippen molar-refractivity contribution in [1.29, 1.82) is 0 Å². The molecule has 0 saturated heterocycles. The summed E-state index contributed by atoms with van der Waals surface area (Å²) in [6.07, 6.45) is -7.07. The van der Waals surface area contributed by atoms with E-state index in [4.69, 9.17) is 22.4 Å². The highest BCUT2D eigenvalue weighted by Crippen LogP contribution is 2.35. The van der Waals surface area contributed by atoms with Crippen LogP contribution in [0, 0.1) is 0 Å². The Morgan fingerprint density at radius 1 is 1.44 bits per heavy atom. The standard InChI is InChI=1S/C9H7ClF3NO4/c10-4-2-5(14)3(7(15)8(16)17)1-6(4)18-9(11,12)13/h1-2,7,15H,14H2,(H,16,17). The first-order valence-electron chi connectivity index (χ1n) is 4.37. The number of nitrogens with two attached hydrogens (primary N) is 1. The largest absolute Gasteiger partial charge is 0.573 e. The number of carboxylic acid groups (broad SMARTS) is 1. The number of ether oxygens (including phenoxy) is 1. The van der Waals surface area contributed by atoms with Crippen molar-refractivity contribution in [3.63, 3.8) is 0 Å². The van der Waals surface area contributed by atoms with Gasteiger partial charge in [-0.3, -0.25) is 0 Å². The zero-order valence-corrected chi connectivity index (χ0v) is 9.29. The van der Waals surface area contributed by atoms with Crippen molar-refractivity contribution in [2.75, 3.05) is 5.73 Å². The number of halogens is 4. The van der Waals surface area contributed by atoms with Gasteiger partial charge in [0.1, 0.15) is 5.75 Å². The molecule has 1 rings (SSSR count). The summed E-state index contributed by atoms with van der Waals surface area (Å²) in [5, 5.41) is 17.3. The van der Waals surface area contributed by atoms with Gasteiger partial charge < -0.3 is 20.7 Å². The van der Waals surface area contributed by atoms with Gasteiger partial charge in [-0.2, -0.15) is 0 Å². The van der Waals surface area contributed by atoms with E-state index in [0.717, 1.165) is 6.07 Å². The molecule has 1 atom stereocenters. The molecular formula is C9H7ClF3NO4. The minimum atomic E-state index is -4.99. The topological polar surface area (TPSA) is 92.8 Å². The van der Waals surface area contributed by atoms with Crippen molar-refractivity contribution in [1.82, 2.24) is 0 Å². The quantitative estimate of drug-likeness (QED) is 0.738. The molecule has 0 fully saturated rings. The number of hydrogen-bond donors (Lipinski definition) is 3. The Hall–Kier alpha value is -1.67. The maximum absolute atomic E-state index is 12.0. The normalized spacial score (nSPS) is 13.2. The highest BCUT2D eigenvalue weighted by molar-refractivity contribution is 6.32. The lowest BCUT2D eigenvalue weighted by Crippen LogP contribution is -2.18. The number of aliphatic hydroxyl groups is 1. The molecule has 0 aromatic heterocycles. The van der Waals surface area contributed by atoms with E-state index in [-0.39, 0.29) is 5.69 Å². The van der Waals surface area contributed by atoms with Gasteiger partial charge in [0.25, 0.3) is 0 Å². The SMILES string of the molecule is Nc1cc(Cl)c(OC(F)(F)F)cc1C(O)C(=O)O. The van der Waals surface area contributed by atoms with Crippen LogP contribution in [0.25, 0.3) is 0 Å². The summed E-state index contributed by atoms with van der Waals surface area (Å²) in [5.41, 5.74) is 4.65. The molecule has 4 N–H and O–H groups in total. The molecule has 0 aliphatic carbocycles.